The first-order valence-corrected chi connectivity index (χ1v) is 16.0. The lowest BCUT2D eigenvalue weighted by molar-refractivity contribution is -0.137. The molecule has 47 heavy (non-hydrogen) atoms. The zero-order valence-corrected chi connectivity index (χ0v) is 26.2. The van der Waals surface area contributed by atoms with Crippen LogP contribution in [0.1, 0.15) is 25.5 Å². The van der Waals surface area contributed by atoms with Gasteiger partial charge in [0.2, 0.25) is 5.91 Å². The first-order chi connectivity index (χ1) is 22.5. The van der Waals surface area contributed by atoms with E-state index in [1.807, 2.05) is 19.9 Å². The second-order valence-corrected chi connectivity index (χ2v) is 12.9. The Bertz CT molecular complexity index is 2100. The predicted octanol–water partition coefficient (Wildman–Crippen LogP) is 5.92. The number of rotatable bonds is 4. The van der Waals surface area contributed by atoms with Gasteiger partial charge in [-0.2, -0.15) is 23.3 Å². The summed E-state index contributed by atoms with van der Waals surface area (Å²) in [5.74, 6) is -0.432. The molecule has 3 atom stereocenters. The van der Waals surface area contributed by atoms with E-state index in [4.69, 9.17) is 0 Å². The number of carbonyl (C=O) groups excluding carboxylic acids is 1. The van der Waals surface area contributed by atoms with Crippen molar-refractivity contribution in [2.45, 2.75) is 49.6 Å². The minimum Gasteiger partial charge on any atom is -0.352 e. The molecule has 5 heterocycles. The lowest BCUT2D eigenvalue weighted by Gasteiger charge is -2.44. The normalized spacial score (nSPS) is 20.1. The summed E-state index contributed by atoms with van der Waals surface area (Å²) in [6.07, 6.45) is 1.43. The van der Waals surface area contributed by atoms with E-state index >= 15 is 13.2 Å². The summed E-state index contributed by atoms with van der Waals surface area (Å²) in [6.45, 7) is 7.85. The lowest BCUT2D eigenvalue weighted by atomic mass is 9.96. The van der Waals surface area contributed by atoms with E-state index in [9.17, 15) is 14.0 Å². The first kappa shape index (κ1) is 30.9. The summed E-state index contributed by atoms with van der Waals surface area (Å²) < 4.78 is 62.3. The molecule has 0 saturated carbocycles. The van der Waals surface area contributed by atoms with Crippen molar-refractivity contribution in [3.63, 3.8) is 0 Å². The number of halogens is 4. The number of amides is 1. The van der Waals surface area contributed by atoms with Crippen molar-refractivity contribution >= 4 is 45.3 Å². The maximum atomic E-state index is 15.0. The smallest absolute Gasteiger partial charge is 0.352 e. The van der Waals surface area contributed by atoms with Gasteiger partial charge in [-0.25, -0.2) is 9.18 Å². The zero-order chi connectivity index (χ0) is 33.2. The number of hydrogen-bond donors (Lipinski definition) is 0. The van der Waals surface area contributed by atoms with Crippen LogP contribution in [0.3, 0.4) is 0 Å². The van der Waals surface area contributed by atoms with Crippen LogP contribution in [-0.4, -0.2) is 66.0 Å². The second kappa shape index (κ2) is 11.5. The van der Waals surface area contributed by atoms with E-state index in [2.05, 4.69) is 21.6 Å². The van der Waals surface area contributed by atoms with Gasteiger partial charge in [-0.1, -0.05) is 18.7 Å². The third kappa shape index (κ3) is 5.24. The number of pyridine rings is 1. The van der Waals surface area contributed by atoms with Crippen molar-refractivity contribution in [1.82, 2.24) is 29.2 Å². The fourth-order valence-electron chi connectivity index (χ4n) is 6.87. The topological polar surface area (TPSA) is 89.2 Å². The van der Waals surface area contributed by atoms with Crippen molar-refractivity contribution in [2.75, 3.05) is 23.7 Å². The molecular weight excluding hydrogens is 634 g/mol. The molecule has 2 aromatic carbocycles. The highest BCUT2D eigenvalue weighted by atomic mass is 32.2. The van der Waals surface area contributed by atoms with Crippen LogP contribution in [-0.2, 0) is 17.5 Å². The van der Waals surface area contributed by atoms with Crippen LogP contribution in [0.15, 0.2) is 77.3 Å². The van der Waals surface area contributed by atoms with Crippen molar-refractivity contribution in [3.05, 3.63) is 89.5 Å². The highest BCUT2D eigenvalue weighted by Crippen LogP contribution is 2.49. The molecule has 0 aliphatic carbocycles. The van der Waals surface area contributed by atoms with E-state index in [-0.39, 0.29) is 70.6 Å². The Morgan fingerprint density at radius 2 is 1.79 bits per heavy atom. The van der Waals surface area contributed by atoms with Crippen molar-refractivity contribution < 1.29 is 22.4 Å². The van der Waals surface area contributed by atoms with E-state index in [0.29, 0.717) is 5.52 Å². The molecule has 1 unspecified atom stereocenters. The van der Waals surface area contributed by atoms with Gasteiger partial charge in [0.15, 0.2) is 0 Å². The molecule has 2 aliphatic rings. The number of thioether (sulfide) groups is 1. The fourth-order valence-corrected chi connectivity index (χ4v) is 8.21. The van der Waals surface area contributed by atoms with Gasteiger partial charge < -0.3 is 9.80 Å². The van der Waals surface area contributed by atoms with Gasteiger partial charge in [-0.3, -0.25) is 19.0 Å². The van der Waals surface area contributed by atoms with Crippen LogP contribution < -0.4 is 10.6 Å². The third-order valence-electron chi connectivity index (χ3n) is 8.84. The van der Waals surface area contributed by atoms with Crippen LogP contribution in [0, 0.1) is 5.82 Å². The number of nitrogens with zero attached hydrogens (tertiary/aromatic N) is 7. The molecule has 3 aromatic heterocycles. The van der Waals surface area contributed by atoms with E-state index in [0.717, 1.165) is 29.1 Å². The Balaban J connectivity index is 1.48. The van der Waals surface area contributed by atoms with Gasteiger partial charge in [0.1, 0.15) is 11.6 Å². The molecule has 2 aliphatic heterocycles. The molecule has 1 amide bonds. The number of alkyl halides is 3. The number of fused-ring (bicyclic) bond motifs is 1. The first-order valence-electron chi connectivity index (χ1n) is 15.0. The average molecular weight is 664 g/mol. The Morgan fingerprint density at radius 1 is 1.06 bits per heavy atom. The third-order valence-corrected chi connectivity index (χ3v) is 10.1. The van der Waals surface area contributed by atoms with E-state index in [1.165, 1.54) is 34.5 Å². The quantitative estimate of drug-likeness (QED) is 0.174. The van der Waals surface area contributed by atoms with Gasteiger partial charge >= 0.3 is 11.9 Å². The SMILES string of the molecule is C=CC(=O)N1[C@H](C)CN(c2nc(=O)n3c4c(c(-c5ccc(F)cc5)c(C(F)(F)F)cc24)SCC(n2ncc4ccncc42)C3)C[C@@H]1C. The number of anilines is 1. The molecule has 0 spiro atoms. The molecule has 5 aromatic rings. The van der Waals surface area contributed by atoms with Gasteiger partial charge in [-0.05, 0) is 49.8 Å². The molecule has 0 bridgehead atoms. The summed E-state index contributed by atoms with van der Waals surface area (Å²) in [5, 5.41) is 5.56. The Hall–Kier alpha value is -4.72. The zero-order valence-electron chi connectivity index (χ0n) is 25.4. The number of hydrogen-bond acceptors (Lipinski definition) is 7. The van der Waals surface area contributed by atoms with Crippen LogP contribution >= 0.6 is 11.8 Å². The predicted molar refractivity (Wildman–Crippen MR) is 172 cm³/mol. The Morgan fingerprint density at radius 3 is 2.47 bits per heavy atom. The number of piperazine rings is 1. The second-order valence-electron chi connectivity index (χ2n) is 11.9. The minimum absolute atomic E-state index is 0.0942. The molecule has 242 valence electrons. The maximum Gasteiger partial charge on any atom is 0.417 e. The number of aromatic nitrogens is 5. The van der Waals surface area contributed by atoms with Crippen LogP contribution in [0.25, 0.3) is 32.9 Å². The van der Waals surface area contributed by atoms with Gasteiger partial charge in [0.05, 0.1) is 41.6 Å². The lowest BCUT2D eigenvalue weighted by Crippen LogP contribution is -2.58. The largest absolute Gasteiger partial charge is 0.417 e. The maximum absolute atomic E-state index is 15.0. The molecule has 7 rings (SSSR count). The summed E-state index contributed by atoms with van der Waals surface area (Å²) in [7, 11) is 0. The molecular formula is C33H29F4N7O2S. The molecule has 9 nitrogen and oxygen atoms in total. The van der Waals surface area contributed by atoms with Gasteiger partial charge in [0.25, 0.3) is 0 Å². The Labute approximate surface area is 270 Å². The summed E-state index contributed by atoms with van der Waals surface area (Å²) in [4.78, 5) is 39.0. The number of benzene rings is 2. The summed E-state index contributed by atoms with van der Waals surface area (Å²) in [6, 6.07) is 6.65. The molecule has 0 N–H and O–H groups in total. The van der Waals surface area contributed by atoms with Gasteiger partial charge in [-0.15, -0.1) is 11.8 Å². The standard InChI is InChI=1S/C33H29F4N7O2S/c1-4-27(45)43-18(2)14-41(15-19(43)3)31-24-11-25(33(35,36)37)28(20-5-7-22(34)8-6-20)30-29(24)42(32(46)40-31)16-23(17-47-30)44-26-13-38-10-9-21(26)12-39-44/h4-13,18-19,23H,1,14-17H2,2-3H3/t18-,19+,23?. The van der Waals surface area contributed by atoms with Crippen LogP contribution in [0.2, 0.25) is 0 Å². The highest BCUT2D eigenvalue weighted by molar-refractivity contribution is 7.99. The van der Waals surface area contributed by atoms with Gasteiger partial charge in [0, 0.05) is 58.4 Å². The van der Waals surface area contributed by atoms with Crippen molar-refractivity contribution in [3.8, 4) is 11.1 Å². The minimum atomic E-state index is -4.79. The molecule has 1 saturated heterocycles. The molecule has 1 fully saturated rings. The fraction of sp³-hybridized carbons (Fsp3) is 0.303. The van der Waals surface area contributed by atoms with Crippen LogP contribution in [0.4, 0.5) is 23.4 Å². The van der Waals surface area contributed by atoms with E-state index < -0.39 is 29.3 Å². The highest BCUT2D eigenvalue weighted by Gasteiger charge is 2.40. The van der Waals surface area contributed by atoms with Crippen LogP contribution in [0.5, 0.6) is 0 Å². The molecule has 14 heteroatoms. The number of carbonyl (C=O) groups is 1. The average Bonchev–Trinajstić information content (AvgIpc) is 3.36. The van der Waals surface area contributed by atoms with Crippen molar-refractivity contribution in [1.29, 1.82) is 0 Å². The summed E-state index contributed by atoms with van der Waals surface area (Å²) >= 11 is 1.20. The monoisotopic (exact) mass is 663 g/mol. The summed E-state index contributed by atoms with van der Waals surface area (Å²) in [5.41, 5.74) is -0.448. The van der Waals surface area contributed by atoms with Crippen molar-refractivity contribution in [2.24, 2.45) is 0 Å². The van der Waals surface area contributed by atoms with E-state index in [1.54, 1.807) is 33.1 Å². The Kier molecular flexibility index (Phi) is 7.57. The molecule has 0 radical (unpaired) electrons.